The molecule has 1 spiro atoms. The minimum Gasteiger partial charge on any atom is -0.399 e. The summed E-state index contributed by atoms with van der Waals surface area (Å²) in [7, 11) is -0.296. The number of hydrogen-bond donors (Lipinski definition) is 0. The molecule has 4 aromatic carbocycles. The smallest absolute Gasteiger partial charge is 0.399 e. The van der Waals surface area contributed by atoms with Gasteiger partial charge in [-0.2, -0.15) is 0 Å². The topological polar surface area (TPSA) is 18.5 Å². The van der Waals surface area contributed by atoms with E-state index >= 15 is 0 Å². The molecule has 4 aliphatic rings. The van der Waals surface area contributed by atoms with Gasteiger partial charge in [-0.15, -0.1) is 0 Å². The van der Waals surface area contributed by atoms with Crippen molar-refractivity contribution < 1.29 is 9.31 Å². The molecule has 2 fully saturated rings. The van der Waals surface area contributed by atoms with Crippen molar-refractivity contribution in [2.24, 2.45) is 0 Å². The van der Waals surface area contributed by atoms with Gasteiger partial charge in [-0.1, -0.05) is 108 Å². The van der Waals surface area contributed by atoms with E-state index in [4.69, 9.17) is 9.31 Å². The Bertz CT molecular complexity index is 1620. The van der Waals surface area contributed by atoms with Gasteiger partial charge in [-0.05, 0) is 109 Å². The molecule has 0 unspecified atom stereocenters. The fourth-order valence-corrected chi connectivity index (χ4v) is 7.76. The third-order valence-electron chi connectivity index (χ3n) is 10.3. The van der Waals surface area contributed by atoms with Gasteiger partial charge in [0.25, 0.3) is 0 Å². The molecular formula is C37H38BBrO2. The molecule has 0 radical (unpaired) electrons. The highest BCUT2D eigenvalue weighted by atomic mass is 79.9. The van der Waals surface area contributed by atoms with Crippen molar-refractivity contribution in [1.29, 1.82) is 0 Å². The second-order valence-electron chi connectivity index (χ2n) is 13.2. The summed E-state index contributed by atoms with van der Waals surface area (Å²) in [6.07, 6.45) is 7.64. The molecule has 0 N–H and O–H groups in total. The zero-order chi connectivity index (χ0) is 28.4. The quantitative estimate of drug-likeness (QED) is 0.178. The number of fused-ring (bicyclic) bond motifs is 8. The fourth-order valence-electron chi connectivity index (χ4n) is 7.40. The molecule has 0 bridgehead atoms. The largest absolute Gasteiger partial charge is 0.494 e. The molecule has 4 aromatic rings. The van der Waals surface area contributed by atoms with E-state index in [1.165, 1.54) is 76.6 Å². The average molecular weight is 605 g/mol. The van der Waals surface area contributed by atoms with E-state index in [0.29, 0.717) is 0 Å². The van der Waals surface area contributed by atoms with Gasteiger partial charge in [0.1, 0.15) is 0 Å². The Balaban J connectivity index is 0.000000165. The van der Waals surface area contributed by atoms with Crippen molar-refractivity contribution >= 4 is 28.5 Å². The molecule has 8 rings (SSSR count). The van der Waals surface area contributed by atoms with Crippen LogP contribution in [0.5, 0.6) is 0 Å². The van der Waals surface area contributed by atoms with Crippen LogP contribution in [0.1, 0.15) is 82.1 Å². The third-order valence-corrected chi connectivity index (χ3v) is 10.8. The van der Waals surface area contributed by atoms with Gasteiger partial charge in [0.2, 0.25) is 0 Å². The zero-order valence-corrected chi connectivity index (χ0v) is 26.2. The highest BCUT2D eigenvalue weighted by molar-refractivity contribution is 9.10. The molecule has 3 aliphatic carbocycles. The van der Waals surface area contributed by atoms with E-state index in [1.54, 1.807) is 0 Å². The van der Waals surface area contributed by atoms with Crippen molar-refractivity contribution in [3.8, 4) is 22.3 Å². The normalized spacial score (nSPS) is 20.1. The lowest BCUT2D eigenvalue weighted by Gasteiger charge is -2.36. The van der Waals surface area contributed by atoms with Crippen LogP contribution in [0, 0.1) is 0 Å². The Kier molecular flexibility index (Phi) is 6.61. The van der Waals surface area contributed by atoms with Crippen LogP contribution < -0.4 is 5.46 Å². The maximum atomic E-state index is 6.31. The van der Waals surface area contributed by atoms with Crippen LogP contribution in [0.2, 0.25) is 0 Å². The van der Waals surface area contributed by atoms with Crippen molar-refractivity contribution in [2.45, 2.75) is 82.8 Å². The Morgan fingerprint density at radius 1 is 0.610 bits per heavy atom. The zero-order valence-electron chi connectivity index (χ0n) is 24.6. The first kappa shape index (κ1) is 27.2. The lowest BCUT2D eigenvalue weighted by atomic mass is 9.67. The van der Waals surface area contributed by atoms with Gasteiger partial charge >= 0.3 is 7.12 Å². The van der Waals surface area contributed by atoms with Gasteiger partial charge in [0.15, 0.2) is 0 Å². The summed E-state index contributed by atoms with van der Waals surface area (Å²) in [6.45, 7) is 8.47. The summed E-state index contributed by atoms with van der Waals surface area (Å²) in [5, 5.41) is 0. The SMILES string of the molecule is Brc1ccc2c(c1)-c1ccccc1C2.CC1(C)OB(c2ccc3c(c2)-c2ccccc2C32CCCCC2)OC1(C)C. The third kappa shape index (κ3) is 4.45. The predicted octanol–water partition coefficient (Wildman–Crippen LogP) is 9.24. The standard InChI is InChI=1S/C24H29BO2.C13H9Br/c1-22(2)23(3,4)27-25(26-22)17-12-13-21-19(16-17)18-10-6-7-11-20(18)24(21)14-8-5-9-15-24;14-11-6-5-10-7-9-3-1-2-4-12(9)13(10)8-11/h6-7,10-13,16H,5,8-9,14-15H2,1-4H3;1-6,8H,7H2. The van der Waals surface area contributed by atoms with E-state index < -0.39 is 0 Å². The highest BCUT2D eigenvalue weighted by Crippen LogP contribution is 2.55. The van der Waals surface area contributed by atoms with E-state index in [2.05, 4.69) is 129 Å². The summed E-state index contributed by atoms with van der Waals surface area (Å²) in [5.74, 6) is 0. The molecule has 41 heavy (non-hydrogen) atoms. The van der Waals surface area contributed by atoms with Crippen LogP contribution in [0.3, 0.4) is 0 Å². The first-order valence-corrected chi connectivity index (χ1v) is 15.9. The van der Waals surface area contributed by atoms with Crippen molar-refractivity contribution in [3.63, 3.8) is 0 Å². The number of benzene rings is 4. The Morgan fingerprint density at radius 3 is 2.00 bits per heavy atom. The Morgan fingerprint density at radius 2 is 1.24 bits per heavy atom. The van der Waals surface area contributed by atoms with Gasteiger partial charge < -0.3 is 9.31 Å². The van der Waals surface area contributed by atoms with Crippen molar-refractivity contribution in [2.75, 3.05) is 0 Å². The van der Waals surface area contributed by atoms with Crippen LogP contribution in [0.15, 0.2) is 89.4 Å². The predicted molar refractivity (Wildman–Crippen MR) is 174 cm³/mol. The lowest BCUT2D eigenvalue weighted by Crippen LogP contribution is -2.41. The molecule has 1 aliphatic heterocycles. The van der Waals surface area contributed by atoms with Gasteiger partial charge in [-0.3, -0.25) is 0 Å². The molecule has 1 saturated carbocycles. The van der Waals surface area contributed by atoms with E-state index in [1.807, 2.05) is 0 Å². The Hall–Kier alpha value is -2.66. The molecule has 4 heteroatoms. The monoisotopic (exact) mass is 604 g/mol. The van der Waals surface area contributed by atoms with Crippen LogP contribution in [0.25, 0.3) is 22.3 Å². The molecule has 1 heterocycles. The molecular weight excluding hydrogens is 567 g/mol. The minimum absolute atomic E-state index is 0.221. The average Bonchev–Trinajstić information content (AvgIpc) is 3.54. The molecule has 0 amide bonds. The highest BCUT2D eigenvalue weighted by Gasteiger charge is 2.52. The van der Waals surface area contributed by atoms with E-state index in [-0.39, 0.29) is 23.7 Å². The second-order valence-corrected chi connectivity index (χ2v) is 14.1. The van der Waals surface area contributed by atoms with Gasteiger partial charge in [0, 0.05) is 9.89 Å². The Labute approximate surface area is 253 Å². The summed E-state index contributed by atoms with van der Waals surface area (Å²) < 4.78 is 13.8. The summed E-state index contributed by atoms with van der Waals surface area (Å²) in [6, 6.07) is 31.1. The number of halogens is 1. The molecule has 0 aromatic heterocycles. The minimum atomic E-state index is -0.306. The summed E-state index contributed by atoms with van der Waals surface area (Å²) in [4.78, 5) is 0. The van der Waals surface area contributed by atoms with E-state index in [0.717, 1.165) is 16.4 Å². The van der Waals surface area contributed by atoms with Crippen LogP contribution in [-0.2, 0) is 21.1 Å². The first-order chi connectivity index (χ1) is 19.7. The summed E-state index contributed by atoms with van der Waals surface area (Å²) in [5.41, 5.74) is 12.3. The van der Waals surface area contributed by atoms with Crippen LogP contribution in [0.4, 0.5) is 0 Å². The van der Waals surface area contributed by atoms with Crippen LogP contribution in [-0.4, -0.2) is 18.3 Å². The molecule has 208 valence electrons. The van der Waals surface area contributed by atoms with E-state index in [9.17, 15) is 0 Å². The molecule has 0 atom stereocenters. The number of hydrogen-bond acceptors (Lipinski definition) is 2. The van der Waals surface area contributed by atoms with Crippen molar-refractivity contribution in [1.82, 2.24) is 0 Å². The second kappa shape index (κ2) is 9.97. The van der Waals surface area contributed by atoms with Gasteiger partial charge in [-0.25, -0.2) is 0 Å². The fraction of sp³-hybridized carbons (Fsp3) is 0.351. The summed E-state index contributed by atoms with van der Waals surface area (Å²) >= 11 is 3.52. The van der Waals surface area contributed by atoms with Gasteiger partial charge in [0.05, 0.1) is 11.2 Å². The number of rotatable bonds is 1. The molecule has 1 saturated heterocycles. The van der Waals surface area contributed by atoms with Crippen molar-refractivity contribution in [3.05, 3.63) is 112 Å². The lowest BCUT2D eigenvalue weighted by molar-refractivity contribution is 0.00578. The van der Waals surface area contributed by atoms with Crippen LogP contribution >= 0.6 is 15.9 Å². The maximum Gasteiger partial charge on any atom is 0.494 e. The molecule has 2 nitrogen and oxygen atoms in total. The first-order valence-electron chi connectivity index (χ1n) is 15.2. The maximum absolute atomic E-state index is 6.31.